The first-order valence-corrected chi connectivity index (χ1v) is 8.04. The molecule has 0 aromatic rings. The van der Waals surface area contributed by atoms with Crippen molar-refractivity contribution in [1.82, 2.24) is 10.2 Å². The molecule has 19 heavy (non-hydrogen) atoms. The van der Waals surface area contributed by atoms with E-state index >= 15 is 0 Å². The molecule has 4 heteroatoms. The first-order valence-electron chi connectivity index (χ1n) is 8.04. The molecule has 4 atom stereocenters. The molecule has 4 unspecified atom stereocenters. The molecule has 108 valence electrons. The van der Waals surface area contributed by atoms with Gasteiger partial charge in [-0.3, -0.25) is 4.90 Å². The summed E-state index contributed by atoms with van der Waals surface area (Å²) in [6, 6.07) is 1.48. The second-order valence-corrected chi connectivity index (χ2v) is 6.90. The van der Waals surface area contributed by atoms with Crippen LogP contribution in [0.2, 0.25) is 0 Å². The van der Waals surface area contributed by atoms with Crippen molar-refractivity contribution in [1.29, 1.82) is 0 Å². The van der Waals surface area contributed by atoms with Gasteiger partial charge in [0.05, 0.1) is 12.2 Å². The van der Waals surface area contributed by atoms with E-state index in [1.165, 1.54) is 45.3 Å². The molecule has 0 aromatic heterocycles. The van der Waals surface area contributed by atoms with Crippen LogP contribution in [0.25, 0.3) is 0 Å². The third kappa shape index (κ3) is 2.33. The molecule has 1 N–H and O–H groups in total. The maximum atomic E-state index is 6.07. The SMILES string of the molecule is C1CNC2CN(C3CCOC4(CCOC4)C3)CC2C1. The lowest BCUT2D eigenvalue weighted by Gasteiger charge is -2.41. The van der Waals surface area contributed by atoms with Crippen LogP contribution in [0.1, 0.15) is 32.1 Å². The molecule has 1 spiro atoms. The van der Waals surface area contributed by atoms with Crippen molar-refractivity contribution in [2.75, 3.05) is 39.5 Å². The third-order valence-corrected chi connectivity index (χ3v) is 5.68. The number of rotatable bonds is 1. The largest absolute Gasteiger partial charge is 0.378 e. The number of nitrogens with zero attached hydrogens (tertiary/aromatic N) is 1. The molecule has 0 saturated carbocycles. The maximum absolute atomic E-state index is 6.07. The molecule has 4 aliphatic heterocycles. The Hall–Kier alpha value is -0.160. The monoisotopic (exact) mass is 266 g/mol. The zero-order valence-electron chi connectivity index (χ0n) is 11.8. The lowest BCUT2D eigenvalue weighted by molar-refractivity contribution is -0.104. The molecule has 0 amide bonds. The highest BCUT2D eigenvalue weighted by Gasteiger charge is 2.45. The highest BCUT2D eigenvalue weighted by atomic mass is 16.6. The Kier molecular flexibility index (Phi) is 3.30. The summed E-state index contributed by atoms with van der Waals surface area (Å²) in [5.41, 5.74) is 0.0596. The van der Waals surface area contributed by atoms with E-state index in [1.54, 1.807) is 0 Å². The minimum Gasteiger partial charge on any atom is -0.378 e. The lowest BCUT2D eigenvalue weighted by atomic mass is 9.89. The Bertz CT molecular complexity index is 316. The number of hydrogen-bond acceptors (Lipinski definition) is 4. The summed E-state index contributed by atoms with van der Waals surface area (Å²) in [4.78, 5) is 2.75. The highest BCUT2D eigenvalue weighted by Crippen LogP contribution is 2.37. The van der Waals surface area contributed by atoms with Gasteiger partial charge in [0, 0.05) is 44.8 Å². The first kappa shape index (κ1) is 12.6. The highest BCUT2D eigenvalue weighted by molar-refractivity contribution is 4.99. The van der Waals surface area contributed by atoms with E-state index in [4.69, 9.17) is 9.47 Å². The number of piperidine rings is 1. The van der Waals surface area contributed by atoms with Crippen LogP contribution in [0.5, 0.6) is 0 Å². The number of nitrogens with one attached hydrogen (secondary N) is 1. The normalized spacial score (nSPS) is 47.7. The summed E-state index contributed by atoms with van der Waals surface area (Å²) in [6.07, 6.45) is 6.28. The minimum atomic E-state index is 0.0596. The predicted octanol–water partition coefficient (Wildman–Crippen LogP) is 1.01. The molecule has 4 saturated heterocycles. The summed E-state index contributed by atoms with van der Waals surface area (Å²) >= 11 is 0. The molecule has 4 nitrogen and oxygen atoms in total. The zero-order valence-corrected chi connectivity index (χ0v) is 11.8. The second-order valence-electron chi connectivity index (χ2n) is 6.90. The number of likely N-dealkylation sites (tertiary alicyclic amines) is 1. The molecular formula is C15H26N2O2. The summed E-state index contributed by atoms with van der Waals surface area (Å²) in [5.74, 6) is 0.896. The standard InChI is InChI=1S/C15H26N2O2/c1-2-12-9-17(10-14(12)16-5-1)13-3-6-19-15(8-13)4-7-18-11-15/h12-14,16H,1-11H2. The second kappa shape index (κ2) is 4.99. The molecule has 0 bridgehead atoms. The molecule has 4 rings (SSSR count). The van der Waals surface area contributed by atoms with Crippen molar-refractivity contribution in [2.24, 2.45) is 5.92 Å². The van der Waals surface area contributed by atoms with Crippen molar-refractivity contribution in [3.8, 4) is 0 Å². The van der Waals surface area contributed by atoms with Gasteiger partial charge >= 0.3 is 0 Å². The molecule has 4 heterocycles. The van der Waals surface area contributed by atoms with Gasteiger partial charge in [0.2, 0.25) is 0 Å². The van der Waals surface area contributed by atoms with E-state index in [0.717, 1.165) is 44.2 Å². The van der Waals surface area contributed by atoms with Crippen LogP contribution in [0, 0.1) is 5.92 Å². The maximum Gasteiger partial charge on any atom is 0.0951 e. The van der Waals surface area contributed by atoms with Crippen LogP contribution in [0.4, 0.5) is 0 Å². The van der Waals surface area contributed by atoms with Crippen LogP contribution < -0.4 is 5.32 Å². The molecular weight excluding hydrogens is 240 g/mol. The quantitative estimate of drug-likeness (QED) is 0.768. The molecule has 0 aliphatic carbocycles. The van der Waals surface area contributed by atoms with E-state index < -0.39 is 0 Å². The fraction of sp³-hybridized carbons (Fsp3) is 1.00. The van der Waals surface area contributed by atoms with Crippen molar-refractivity contribution in [3.05, 3.63) is 0 Å². The van der Waals surface area contributed by atoms with Gasteiger partial charge in [0.15, 0.2) is 0 Å². The van der Waals surface area contributed by atoms with E-state index in [9.17, 15) is 0 Å². The van der Waals surface area contributed by atoms with Gasteiger partial charge in [-0.2, -0.15) is 0 Å². The predicted molar refractivity (Wildman–Crippen MR) is 73.2 cm³/mol. The first-order chi connectivity index (χ1) is 9.35. The number of hydrogen-bond donors (Lipinski definition) is 1. The topological polar surface area (TPSA) is 33.7 Å². The van der Waals surface area contributed by atoms with Crippen molar-refractivity contribution < 1.29 is 9.47 Å². The Morgan fingerprint density at radius 3 is 3.00 bits per heavy atom. The van der Waals surface area contributed by atoms with Gasteiger partial charge in [-0.05, 0) is 38.1 Å². The zero-order chi connectivity index (χ0) is 12.7. The van der Waals surface area contributed by atoms with Gasteiger partial charge in [-0.15, -0.1) is 0 Å². The van der Waals surface area contributed by atoms with Crippen LogP contribution in [-0.2, 0) is 9.47 Å². The van der Waals surface area contributed by atoms with Crippen LogP contribution in [0.15, 0.2) is 0 Å². The van der Waals surface area contributed by atoms with Crippen LogP contribution in [-0.4, -0.2) is 62.0 Å². The van der Waals surface area contributed by atoms with Crippen LogP contribution in [0.3, 0.4) is 0 Å². The van der Waals surface area contributed by atoms with E-state index in [1.807, 2.05) is 0 Å². The fourth-order valence-corrected chi connectivity index (χ4v) is 4.56. The van der Waals surface area contributed by atoms with Gasteiger partial charge in [-0.1, -0.05) is 0 Å². The molecule has 0 aromatic carbocycles. The average Bonchev–Trinajstić information content (AvgIpc) is 3.05. The minimum absolute atomic E-state index is 0.0596. The third-order valence-electron chi connectivity index (χ3n) is 5.68. The Morgan fingerprint density at radius 2 is 2.16 bits per heavy atom. The smallest absolute Gasteiger partial charge is 0.0951 e. The lowest BCUT2D eigenvalue weighted by Crippen LogP contribution is -2.49. The van der Waals surface area contributed by atoms with E-state index in [-0.39, 0.29) is 5.60 Å². The van der Waals surface area contributed by atoms with Crippen molar-refractivity contribution >= 4 is 0 Å². The van der Waals surface area contributed by atoms with Gasteiger partial charge in [0.1, 0.15) is 0 Å². The molecule has 0 radical (unpaired) electrons. The van der Waals surface area contributed by atoms with E-state index in [0.29, 0.717) is 0 Å². The van der Waals surface area contributed by atoms with Gasteiger partial charge < -0.3 is 14.8 Å². The van der Waals surface area contributed by atoms with E-state index in [2.05, 4.69) is 10.2 Å². The van der Waals surface area contributed by atoms with Gasteiger partial charge in [-0.25, -0.2) is 0 Å². The molecule has 4 fully saturated rings. The summed E-state index contributed by atoms with van der Waals surface area (Å²) in [5, 5.41) is 3.71. The van der Waals surface area contributed by atoms with Crippen LogP contribution >= 0.6 is 0 Å². The Labute approximate surface area is 115 Å². The number of ether oxygens (including phenoxy) is 2. The summed E-state index contributed by atoms with van der Waals surface area (Å²) < 4.78 is 11.7. The molecule has 4 aliphatic rings. The average molecular weight is 266 g/mol. The summed E-state index contributed by atoms with van der Waals surface area (Å²) in [7, 11) is 0. The Balaban J connectivity index is 1.42. The number of fused-ring (bicyclic) bond motifs is 1. The van der Waals surface area contributed by atoms with Crippen molar-refractivity contribution in [2.45, 2.75) is 49.8 Å². The Morgan fingerprint density at radius 1 is 1.16 bits per heavy atom. The summed E-state index contributed by atoms with van der Waals surface area (Å²) in [6.45, 7) is 6.42. The fourth-order valence-electron chi connectivity index (χ4n) is 4.56. The van der Waals surface area contributed by atoms with Gasteiger partial charge in [0.25, 0.3) is 0 Å². The van der Waals surface area contributed by atoms with Crippen molar-refractivity contribution in [3.63, 3.8) is 0 Å².